The summed E-state index contributed by atoms with van der Waals surface area (Å²) in [4.78, 5) is 17.6. The van der Waals surface area contributed by atoms with Crippen molar-refractivity contribution in [3.05, 3.63) is 36.5 Å². The van der Waals surface area contributed by atoms with Crippen LogP contribution < -0.4 is 10.2 Å². The summed E-state index contributed by atoms with van der Waals surface area (Å²) in [5, 5.41) is 13.9. The summed E-state index contributed by atoms with van der Waals surface area (Å²) in [6.45, 7) is 3.78. The lowest BCUT2D eigenvalue weighted by molar-refractivity contribution is 0.195. The maximum Gasteiger partial charge on any atom is 0.412 e. The average molecular weight is 285 g/mol. The quantitative estimate of drug-likeness (QED) is 0.890. The van der Waals surface area contributed by atoms with Crippen LogP contribution in [0.2, 0.25) is 0 Å². The lowest BCUT2D eigenvalue weighted by Crippen LogP contribution is -2.50. The number of carboxylic acid groups (broad SMARTS) is 1. The van der Waals surface area contributed by atoms with Crippen molar-refractivity contribution >= 4 is 22.7 Å². The molecule has 5 heteroatoms. The van der Waals surface area contributed by atoms with Gasteiger partial charge in [0.15, 0.2) is 0 Å². The Hall–Kier alpha value is -2.14. The fourth-order valence-electron chi connectivity index (χ4n) is 3.08. The number of aromatic nitrogens is 1. The number of hydrogen-bond acceptors (Lipinski definition) is 3. The lowest BCUT2D eigenvalue weighted by Gasteiger charge is -2.35. The van der Waals surface area contributed by atoms with Crippen LogP contribution in [0.5, 0.6) is 0 Å². The number of anilines is 1. The minimum atomic E-state index is -0.910. The maximum atomic E-state index is 11.8. The molecule has 1 aromatic heterocycles. The molecule has 0 saturated carbocycles. The number of carbonyl (C=O) groups is 1. The highest BCUT2D eigenvalue weighted by molar-refractivity contribution is 6.00. The molecular formula is C16H19N3O2. The Balaban J connectivity index is 2.05. The predicted octanol–water partition coefficient (Wildman–Crippen LogP) is 2.72. The van der Waals surface area contributed by atoms with Gasteiger partial charge in [-0.2, -0.15) is 0 Å². The van der Waals surface area contributed by atoms with Gasteiger partial charge in [0.05, 0.1) is 17.2 Å². The van der Waals surface area contributed by atoms with Crippen LogP contribution in [-0.4, -0.2) is 35.3 Å². The van der Waals surface area contributed by atoms with E-state index in [9.17, 15) is 9.90 Å². The minimum absolute atomic E-state index is 0.0444. The van der Waals surface area contributed by atoms with Crippen molar-refractivity contribution in [1.82, 2.24) is 10.3 Å². The molecule has 0 radical (unpaired) electrons. The number of nitrogens with zero attached hydrogens (tertiary/aromatic N) is 2. The molecule has 1 fully saturated rings. The number of hydrogen-bond donors (Lipinski definition) is 2. The van der Waals surface area contributed by atoms with Gasteiger partial charge >= 0.3 is 6.09 Å². The molecule has 21 heavy (non-hydrogen) atoms. The van der Waals surface area contributed by atoms with Crippen LogP contribution in [0.3, 0.4) is 0 Å². The van der Waals surface area contributed by atoms with Gasteiger partial charge in [0.25, 0.3) is 0 Å². The molecule has 5 nitrogen and oxygen atoms in total. The highest BCUT2D eigenvalue weighted by Gasteiger charge is 2.30. The van der Waals surface area contributed by atoms with Gasteiger partial charge in [-0.1, -0.05) is 13.0 Å². The summed E-state index contributed by atoms with van der Waals surface area (Å²) in [6, 6.07) is 9.34. The first-order valence-electron chi connectivity index (χ1n) is 7.23. The Morgan fingerprint density at radius 2 is 2.19 bits per heavy atom. The molecular weight excluding hydrogens is 266 g/mol. The van der Waals surface area contributed by atoms with Crippen molar-refractivity contribution in [3.63, 3.8) is 0 Å². The van der Waals surface area contributed by atoms with Gasteiger partial charge < -0.3 is 10.4 Å². The molecule has 1 aliphatic rings. The molecule has 1 aliphatic heterocycles. The zero-order chi connectivity index (χ0) is 14.8. The van der Waals surface area contributed by atoms with Crippen LogP contribution >= 0.6 is 0 Å². The smallest absolute Gasteiger partial charge is 0.412 e. The van der Waals surface area contributed by atoms with E-state index in [1.54, 1.807) is 6.20 Å². The van der Waals surface area contributed by atoms with Crippen molar-refractivity contribution in [1.29, 1.82) is 0 Å². The zero-order valence-electron chi connectivity index (χ0n) is 12.0. The number of rotatable bonds is 2. The topological polar surface area (TPSA) is 65.5 Å². The van der Waals surface area contributed by atoms with Crippen LogP contribution in [-0.2, 0) is 0 Å². The number of piperidine rings is 1. The van der Waals surface area contributed by atoms with E-state index in [4.69, 9.17) is 0 Å². The second kappa shape index (κ2) is 5.69. The number of amides is 1. The normalized spacial score (nSPS) is 22.1. The molecule has 1 aromatic carbocycles. The highest BCUT2D eigenvalue weighted by atomic mass is 16.4. The van der Waals surface area contributed by atoms with Crippen LogP contribution in [0, 0.1) is 5.92 Å². The molecule has 2 N–H and O–H groups in total. The molecule has 0 unspecified atom stereocenters. The molecule has 2 heterocycles. The van der Waals surface area contributed by atoms with Crippen LogP contribution in [0.4, 0.5) is 10.5 Å². The van der Waals surface area contributed by atoms with Crippen LogP contribution in [0.1, 0.15) is 13.3 Å². The van der Waals surface area contributed by atoms with E-state index in [1.165, 1.54) is 4.90 Å². The van der Waals surface area contributed by atoms with Gasteiger partial charge in [-0.3, -0.25) is 9.88 Å². The van der Waals surface area contributed by atoms with E-state index in [1.807, 2.05) is 30.3 Å². The van der Waals surface area contributed by atoms with E-state index in [2.05, 4.69) is 17.2 Å². The first kappa shape index (κ1) is 13.8. The number of pyridine rings is 1. The standard InChI is InChI=1S/C16H19N3O2/c1-11-8-12(10-17-9-11)19(16(20)21)15-6-2-5-14-13(15)4-3-7-18-14/h2-7,11-12,17H,8-10H2,1H3,(H,20,21)/t11-,12+/m0/s1. The molecule has 0 spiro atoms. The summed E-state index contributed by atoms with van der Waals surface area (Å²) < 4.78 is 0. The first-order valence-corrected chi connectivity index (χ1v) is 7.23. The van der Waals surface area contributed by atoms with Crippen molar-refractivity contribution in [3.8, 4) is 0 Å². The molecule has 3 rings (SSSR count). The predicted molar refractivity (Wildman–Crippen MR) is 82.7 cm³/mol. The average Bonchev–Trinajstić information content (AvgIpc) is 2.47. The van der Waals surface area contributed by atoms with E-state index in [0.717, 1.165) is 23.9 Å². The molecule has 1 saturated heterocycles. The summed E-state index contributed by atoms with van der Waals surface area (Å²) in [7, 11) is 0. The van der Waals surface area contributed by atoms with E-state index >= 15 is 0 Å². The molecule has 110 valence electrons. The Kier molecular flexibility index (Phi) is 3.75. The number of nitrogens with one attached hydrogen (secondary N) is 1. The van der Waals surface area contributed by atoms with E-state index in [0.29, 0.717) is 18.2 Å². The van der Waals surface area contributed by atoms with Crippen molar-refractivity contribution in [2.24, 2.45) is 5.92 Å². The Morgan fingerprint density at radius 1 is 1.33 bits per heavy atom. The van der Waals surface area contributed by atoms with Crippen molar-refractivity contribution in [2.75, 3.05) is 18.0 Å². The van der Waals surface area contributed by atoms with E-state index in [-0.39, 0.29) is 6.04 Å². The molecule has 0 aliphatic carbocycles. The highest BCUT2D eigenvalue weighted by Crippen LogP contribution is 2.29. The Bertz CT molecular complexity index is 654. The molecule has 2 atom stereocenters. The minimum Gasteiger partial charge on any atom is -0.465 e. The number of benzene rings is 1. The Morgan fingerprint density at radius 3 is 2.95 bits per heavy atom. The third-order valence-electron chi connectivity index (χ3n) is 4.00. The lowest BCUT2D eigenvalue weighted by atomic mass is 9.96. The van der Waals surface area contributed by atoms with Gasteiger partial charge in [-0.15, -0.1) is 0 Å². The monoisotopic (exact) mass is 285 g/mol. The largest absolute Gasteiger partial charge is 0.465 e. The van der Waals surface area contributed by atoms with Crippen LogP contribution in [0.25, 0.3) is 10.9 Å². The fourth-order valence-corrected chi connectivity index (χ4v) is 3.08. The SMILES string of the molecule is C[C@@H]1CNC[C@H](N(C(=O)O)c2cccc3ncccc23)C1. The summed E-state index contributed by atoms with van der Waals surface area (Å²) in [5.74, 6) is 0.471. The third kappa shape index (κ3) is 2.69. The second-order valence-electron chi connectivity index (χ2n) is 5.65. The summed E-state index contributed by atoms with van der Waals surface area (Å²) in [5.41, 5.74) is 1.53. The fraction of sp³-hybridized carbons (Fsp3) is 0.375. The van der Waals surface area contributed by atoms with Gasteiger partial charge in [0.1, 0.15) is 0 Å². The third-order valence-corrected chi connectivity index (χ3v) is 4.00. The molecule has 2 aromatic rings. The van der Waals surface area contributed by atoms with Crippen LogP contribution in [0.15, 0.2) is 36.5 Å². The van der Waals surface area contributed by atoms with Gasteiger partial charge in [-0.25, -0.2) is 4.79 Å². The van der Waals surface area contributed by atoms with Crippen molar-refractivity contribution in [2.45, 2.75) is 19.4 Å². The maximum absolute atomic E-state index is 11.8. The number of fused-ring (bicyclic) bond motifs is 1. The van der Waals surface area contributed by atoms with Crippen molar-refractivity contribution < 1.29 is 9.90 Å². The first-order chi connectivity index (χ1) is 10.2. The molecule has 1 amide bonds. The van der Waals surface area contributed by atoms with Gasteiger partial charge in [0.2, 0.25) is 0 Å². The van der Waals surface area contributed by atoms with E-state index < -0.39 is 6.09 Å². The second-order valence-corrected chi connectivity index (χ2v) is 5.65. The Labute approximate surface area is 123 Å². The summed E-state index contributed by atoms with van der Waals surface area (Å²) in [6.07, 6.45) is 1.68. The zero-order valence-corrected chi connectivity index (χ0v) is 12.0. The van der Waals surface area contributed by atoms with Gasteiger partial charge in [-0.05, 0) is 43.1 Å². The molecule has 0 bridgehead atoms. The van der Waals surface area contributed by atoms with Gasteiger partial charge in [0, 0.05) is 18.1 Å². The summed E-state index contributed by atoms with van der Waals surface area (Å²) >= 11 is 0.